The summed E-state index contributed by atoms with van der Waals surface area (Å²) >= 11 is 0. The first-order valence-corrected chi connectivity index (χ1v) is 6.21. The number of carbonyl (C=O) groups excluding carboxylic acids is 2. The lowest BCUT2D eigenvalue weighted by Gasteiger charge is -2.09. The summed E-state index contributed by atoms with van der Waals surface area (Å²) in [6, 6.07) is 9.22. The van der Waals surface area contributed by atoms with E-state index in [9.17, 15) is 9.59 Å². The van der Waals surface area contributed by atoms with Gasteiger partial charge in [-0.05, 0) is 19.1 Å². The van der Waals surface area contributed by atoms with Crippen LogP contribution in [0.2, 0.25) is 0 Å². The molecule has 1 aromatic carbocycles. The van der Waals surface area contributed by atoms with Crippen molar-refractivity contribution in [3.05, 3.63) is 42.1 Å². The maximum absolute atomic E-state index is 11.9. The third-order valence-corrected chi connectivity index (χ3v) is 2.56. The first-order chi connectivity index (χ1) is 9.63. The second-order valence-corrected chi connectivity index (χ2v) is 4.06. The van der Waals surface area contributed by atoms with Gasteiger partial charge in [-0.3, -0.25) is 4.79 Å². The molecule has 1 N–H and O–H groups in total. The largest absolute Gasteiger partial charge is 0.462 e. The van der Waals surface area contributed by atoms with Gasteiger partial charge in [0.2, 0.25) is 5.91 Å². The Balaban J connectivity index is 2.47. The van der Waals surface area contributed by atoms with Crippen molar-refractivity contribution in [2.75, 3.05) is 11.9 Å². The maximum atomic E-state index is 11.9. The van der Waals surface area contributed by atoms with Crippen molar-refractivity contribution < 1.29 is 14.3 Å². The van der Waals surface area contributed by atoms with Gasteiger partial charge in [-0.25, -0.2) is 9.48 Å². The highest BCUT2D eigenvalue weighted by Gasteiger charge is 2.20. The minimum Gasteiger partial charge on any atom is -0.462 e. The summed E-state index contributed by atoms with van der Waals surface area (Å²) in [4.78, 5) is 23.2. The second-order valence-electron chi connectivity index (χ2n) is 4.06. The van der Waals surface area contributed by atoms with Gasteiger partial charge in [0.25, 0.3) is 0 Å². The Morgan fingerprint density at radius 3 is 2.60 bits per heavy atom. The highest BCUT2D eigenvalue weighted by Crippen LogP contribution is 2.21. The van der Waals surface area contributed by atoms with Crippen LogP contribution in [0.3, 0.4) is 0 Å². The predicted molar refractivity (Wildman–Crippen MR) is 73.8 cm³/mol. The highest BCUT2D eigenvalue weighted by atomic mass is 16.5. The van der Waals surface area contributed by atoms with E-state index in [4.69, 9.17) is 4.74 Å². The Morgan fingerprint density at radius 1 is 1.30 bits per heavy atom. The molecule has 2 rings (SSSR count). The average Bonchev–Trinajstić information content (AvgIpc) is 2.83. The molecule has 2 aromatic rings. The normalized spacial score (nSPS) is 10.1. The fourth-order valence-corrected chi connectivity index (χ4v) is 1.76. The Morgan fingerprint density at radius 2 is 2.00 bits per heavy atom. The van der Waals surface area contributed by atoms with Crippen molar-refractivity contribution in [1.29, 1.82) is 0 Å². The number of hydrogen-bond acceptors (Lipinski definition) is 4. The Labute approximate surface area is 116 Å². The van der Waals surface area contributed by atoms with Crippen LogP contribution < -0.4 is 5.32 Å². The number of aromatic nitrogens is 2. The number of hydrogen-bond donors (Lipinski definition) is 1. The highest BCUT2D eigenvalue weighted by molar-refractivity contribution is 5.99. The van der Waals surface area contributed by atoms with Crippen molar-refractivity contribution >= 4 is 17.7 Å². The molecule has 0 aliphatic carbocycles. The van der Waals surface area contributed by atoms with Crippen LogP contribution >= 0.6 is 0 Å². The number of anilines is 1. The number of nitrogens with zero attached hydrogens (tertiary/aromatic N) is 2. The quantitative estimate of drug-likeness (QED) is 0.865. The number of carbonyl (C=O) groups is 2. The summed E-state index contributed by atoms with van der Waals surface area (Å²) in [5, 5.41) is 6.76. The molecule has 0 saturated heterocycles. The van der Waals surface area contributed by atoms with Crippen LogP contribution in [0.4, 0.5) is 5.82 Å². The summed E-state index contributed by atoms with van der Waals surface area (Å²) in [7, 11) is 0. The van der Waals surface area contributed by atoms with E-state index >= 15 is 0 Å². The first-order valence-electron chi connectivity index (χ1n) is 6.21. The van der Waals surface area contributed by atoms with Gasteiger partial charge in [0.15, 0.2) is 5.82 Å². The van der Waals surface area contributed by atoms with Crippen LogP contribution in [0.15, 0.2) is 36.5 Å². The summed E-state index contributed by atoms with van der Waals surface area (Å²) < 4.78 is 6.45. The van der Waals surface area contributed by atoms with E-state index in [0.29, 0.717) is 5.82 Å². The molecule has 6 nitrogen and oxygen atoms in total. The van der Waals surface area contributed by atoms with Gasteiger partial charge in [-0.2, -0.15) is 5.10 Å². The van der Waals surface area contributed by atoms with E-state index in [1.807, 2.05) is 30.3 Å². The molecule has 0 radical (unpaired) electrons. The van der Waals surface area contributed by atoms with Gasteiger partial charge in [0, 0.05) is 6.92 Å². The molecule has 0 saturated carbocycles. The third kappa shape index (κ3) is 2.85. The van der Waals surface area contributed by atoms with Crippen molar-refractivity contribution in [1.82, 2.24) is 9.78 Å². The number of rotatable bonds is 4. The lowest BCUT2D eigenvalue weighted by atomic mass is 10.3. The van der Waals surface area contributed by atoms with Crippen LogP contribution in [0.1, 0.15) is 24.2 Å². The molecular weight excluding hydrogens is 258 g/mol. The summed E-state index contributed by atoms with van der Waals surface area (Å²) in [5.41, 5.74) is 0.970. The zero-order valence-electron chi connectivity index (χ0n) is 11.3. The predicted octanol–water partition coefficient (Wildman–Crippen LogP) is 2.01. The topological polar surface area (TPSA) is 73.2 Å². The molecule has 1 heterocycles. The van der Waals surface area contributed by atoms with E-state index in [2.05, 4.69) is 10.4 Å². The van der Waals surface area contributed by atoms with Crippen molar-refractivity contribution in [2.45, 2.75) is 13.8 Å². The van der Waals surface area contributed by atoms with Crippen LogP contribution in [-0.2, 0) is 9.53 Å². The number of esters is 1. The lowest BCUT2D eigenvalue weighted by molar-refractivity contribution is -0.114. The molecule has 0 fully saturated rings. The van der Waals surface area contributed by atoms with Crippen molar-refractivity contribution in [3.8, 4) is 5.69 Å². The third-order valence-electron chi connectivity index (χ3n) is 2.56. The molecule has 0 bridgehead atoms. The average molecular weight is 273 g/mol. The number of amides is 1. The maximum Gasteiger partial charge on any atom is 0.343 e. The fraction of sp³-hybridized carbons (Fsp3) is 0.214. The zero-order chi connectivity index (χ0) is 14.5. The van der Waals surface area contributed by atoms with Gasteiger partial charge in [0.1, 0.15) is 5.56 Å². The molecule has 104 valence electrons. The number of ether oxygens (including phenoxy) is 1. The van der Waals surface area contributed by atoms with E-state index < -0.39 is 5.97 Å². The van der Waals surface area contributed by atoms with Gasteiger partial charge >= 0.3 is 5.97 Å². The molecule has 20 heavy (non-hydrogen) atoms. The lowest BCUT2D eigenvalue weighted by Crippen LogP contribution is -2.15. The molecule has 0 spiro atoms. The van der Waals surface area contributed by atoms with E-state index in [1.54, 1.807) is 6.92 Å². The van der Waals surface area contributed by atoms with Crippen LogP contribution in [0.25, 0.3) is 5.69 Å². The number of para-hydroxylation sites is 1. The molecule has 0 unspecified atom stereocenters. The van der Waals surface area contributed by atoms with Gasteiger partial charge in [-0.15, -0.1) is 0 Å². The van der Waals surface area contributed by atoms with Crippen molar-refractivity contribution in [2.24, 2.45) is 0 Å². The van der Waals surface area contributed by atoms with Crippen LogP contribution in [0.5, 0.6) is 0 Å². The van der Waals surface area contributed by atoms with Gasteiger partial charge in [-0.1, -0.05) is 18.2 Å². The first kappa shape index (κ1) is 13.8. The molecule has 0 aliphatic rings. The second kappa shape index (κ2) is 6.01. The van der Waals surface area contributed by atoms with E-state index in [0.717, 1.165) is 5.69 Å². The molecular formula is C14H15N3O3. The zero-order valence-corrected chi connectivity index (χ0v) is 11.3. The SMILES string of the molecule is CCOC(=O)c1cnn(-c2ccccc2)c1NC(C)=O. The summed E-state index contributed by atoms with van der Waals surface area (Å²) in [5.74, 6) is -0.492. The summed E-state index contributed by atoms with van der Waals surface area (Å²) in [6.07, 6.45) is 1.39. The minimum atomic E-state index is -0.515. The Hall–Kier alpha value is -2.63. The molecule has 6 heteroatoms. The smallest absolute Gasteiger partial charge is 0.343 e. The van der Waals surface area contributed by atoms with Crippen LogP contribution in [0, 0.1) is 0 Å². The number of benzene rings is 1. The van der Waals surface area contributed by atoms with E-state index in [-0.39, 0.29) is 18.1 Å². The Kier molecular flexibility index (Phi) is 4.14. The Bertz CT molecular complexity index is 620. The number of nitrogens with one attached hydrogen (secondary N) is 1. The molecule has 1 aromatic heterocycles. The monoisotopic (exact) mass is 273 g/mol. The molecule has 0 aliphatic heterocycles. The van der Waals surface area contributed by atoms with Crippen molar-refractivity contribution in [3.63, 3.8) is 0 Å². The molecule has 0 atom stereocenters. The fourth-order valence-electron chi connectivity index (χ4n) is 1.76. The molecule has 1 amide bonds. The minimum absolute atomic E-state index is 0.228. The summed E-state index contributed by atoms with van der Waals surface area (Å²) in [6.45, 7) is 3.35. The van der Waals surface area contributed by atoms with Gasteiger partial charge < -0.3 is 10.1 Å². The van der Waals surface area contributed by atoms with Gasteiger partial charge in [0.05, 0.1) is 18.5 Å². The van der Waals surface area contributed by atoms with E-state index in [1.165, 1.54) is 17.8 Å². The van der Waals surface area contributed by atoms with Crippen LogP contribution in [-0.4, -0.2) is 28.3 Å². The standard InChI is InChI=1S/C14H15N3O3/c1-3-20-14(19)12-9-15-17(13(12)16-10(2)18)11-7-5-4-6-8-11/h4-9H,3H2,1-2H3,(H,16,18).